The van der Waals surface area contributed by atoms with Crippen LogP contribution in [0.15, 0.2) is 0 Å². The summed E-state index contributed by atoms with van der Waals surface area (Å²) >= 11 is 0. The SMILES string of the molecule is CN(O)C12CC3CC(CC(C3)C1)C2. The van der Waals surface area contributed by atoms with Crippen molar-refractivity contribution in [3.8, 4) is 0 Å². The van der Waals surface area contributed by atoms with Gasteiger partial charge in [0.2, 0.25) is 0 Å². The molecular formula is C11H19NO. The molecule has 0 spiro atoms. The van der Waals surface area contributed by atoms with Crippen LogP contribution in [0.3, 0.4) is 0 Å². The van der Waals surface area contributed by atoms with Gasteiger partial charge >= 0.3 is 0 Å². The molecule has 4 fully saturated rings. The Morgan fingerprint density at radius 2 is 1.38 bits per heavy atom. The highest BCUT2D eigenvalue weighted by Crippen LogP contribution is 2.57. The fourth-order valence-electron chi connectivity index (χ4n) is 4.46. The van der Waals surface area contributed by atoms with Gasteiger partial charge < -0.3 is 5.21 Å². The van der Waals surface area contributed by atoms with E-state index in [1.807, 2.05) is 7.05 Å². The van der Waals surface area contributed by atoms with Gasteiger partial charge in [0.1, 0.15) is 0 Å². The third-order valence-electron chi connectivity index (χ3n) is 4.69. The summed E-state index contributed by atoms with van der Waals surface area (Å²) in [6, 6.07) is 0. The van der Waals surface area contributed by atoms with E-state index in [4.69, 9.17) is 0 Å². The molecular weight excluding hydrogens is 162 g/mol. The van der Waals surface area contributed by atoms with Crippen LogP contribution in [-0.4, -0.2) is 22.9 Å². The molecule has 0 aliphatic heterocycles. The van der Waals surface area contributed by atoms with E-state index in [0.717, 1.165) is 17.8 Å². The Kier molecular flexibility index (Phi) is 1.58. The van der Waals surface area contributed by atoms with E-state index >= 15 is 0 Å². The third kappa shape index (κ3) is 1.08. The molecule has 4 aliphatic rings. The Bertz CT molecular complexity index is 189. The Balaban J connectivity index is 1.91. The Morgan fingerprint density at radius 3 is 1.69 bits per heavy atom. The van der Waals surface area contributed by atoms with Crippen LogP contribution in [-0.2, 0) is 0 Å². The zero-order valence-corrected chi connectivity index (χ0v) is 8.37. The lowest BCUT2D eigenvalue weighted by Crippen LogP contribution is -2.57. The van der Waals surface area contributed by atoms with E-state index in [0.29, 0.717) is 0 Å². The summed E-state index contributed by atoms with van der Waals surface area (Å²) in [7, 11) is 1.85. The average molecular weight is 181 g/mol. The molecule has 0 aromatic rings. The standard InChI is InChI=1S/C11H19NO/c1-12(13)11-5-8-2-9(6-11)4-10(3-8)7-11/h8-10,13H,2-7H2,1H3. The second-order valence-electron chi connectivity index (χ2n) is 5.67. The van der Waals surface area contributed by atoms with E-state index in [-0.39, 0.29) is 5.54 Å². The van der Waals surface area contributed by atoms with Crippen molar-refractivity contribution in [3.05, 3.63) is 0 Å². The monoisotopic (exact) mass is 181 g/mol. The highest BCUT2D eigenvalue weighted by Gasteiger charge is 2.52. The van der Waals surface area contributed by atoms with Crippen molar-refractivity contribution in [2.75, 3.05) is 7.05 Å². The third-order valence-corrected chi connectivity index (χ3v) is 4.69. The van der Waals surface area contributed by atoms with Crippen LogP contribution in [0.2, 0.25) is 0 Å². The predicted molar refractivity (Wildman–Crippen MR) is 50.5 cm³/mol. The number of hydrogen-bond acceptors (Lipinski definition) is 2. The predicted octanol–water partition coefficient (Wildman–Crippen LogP) is 2.28. The van der Waals surface area contributed by atoms with Gasteiger partial charge in [-0.2, -0.15) is 5.06 Å². The van der Waals surface area contributed by atoms with E-state index in [1.165, 1.54) is 43.6 Å². The second-order valence-corrected chi connectivity index (χ2v) is 5.67. The lowest BCUT2D eigenvalue weighted by Gasteiger charge is -2.58. The van der Waals surface area contributed by atoms with Crippen molar-refractivity contribution in [1.82, 2.24) is 5.06 Å². The van der Waals surface area contributed by atoms with Crippen molar-refractivity contribution in [1.29, 1.82) is 0 Å². The topological polar surface area (TPSA) is 23.5 Å². The Hall–Kier alpha value is -0.0800. The van der Waals surface area contributed by atoms with Gasteiger partial charge in [0.25, 0.3) is 0 Å². The minimum Gasteiger partial charge on any atom is -0.314 e. The number of rotatable bonds is 1. The summed E-state index contributed by atoms with van der Waals surface area (Å²) in [5, 5.41) is 11.3. The molecule has 0 unspecified atom stereocenters. The Labute approximate surface area is 79.9 Å². The summed E-state index contributed by atoms with van der Waals surface area (Å²) in [4.78, 5) is 0. The summed E-state index contributed by atoms with van der Waals surface area (Å²) in [6.07, 6.45) is 8.12. The van der Waals surface area contributed by atoms with Crippen LogP contribution >= 0.6 is 0 Å². The molecule has 0 aromatic heterocycles. The maximum atomic E-state index is 9.75. The summed E-state index contributed by atoms with van der Waals surface area (Å²) in [5.74, 6) is 2.79. The van der Waals surface area contributed by atoms with Gasteiger partial charge in [-0.05, 0) is 56.3 Å². The van der Waals surface area contributed by atoms with Crippen LogP contribution in [0.5, 0.6) is 0 Å². The van der Waals surface area contributed by atoms with Crippen LogP contribution in [0.1, 0.15) is 38.5 Å². The van der Waals surface area contributed by atoms with E-state index in [2.05, 4.69) is 0 Å². The number of hydrogen-bond donors (Lipinski definition) is 1. The van der Waals surface area contributed by atoms with Crippen LogP contribution in [0.4, 0.5) is 0 Å². The highest BCUT2D eigenvalue weighted by atomic mass is 16.5. The molecule has 0 aromatic carbocycles. The zero-order valence-electron chi connectivity index (χ0n) is 8.37. The van der Waals surface area contributed by atoms with Crippen molar-refractivity contribution in [2.45, 2.75) is 44.1 Å². The summed E-state index contributed by atoms with van der Waals surface area (Å²) < 4.78 is 0. The minimum atomic E-state index is 0.189. The molecule has 0 saturated heterocycles. The lowest BCUT2D eigenvalue weighted by atomic mass is 9.53. The van der Waals surface area contributed by atoms with Gasteiger partial charge in [0, 0.05) is 12.6 Å². The average Bonchev–Trinajstić information content (AvgIpc) is 2.00. The molecule has 0 heterocycles. The van der Waals surface area contributed by atoms with Crippen LogP contribution in [0.25, 0.3) is 0 Å². The number of hydroxylamine groups is 2. The summed E-state index contributed by atoms with van der Waals surface area (Å²) in [5.41, 5.74) is 0.189. The fourth-order valence-corrected chi connectivity index (χ4v) is 4.46. The van der Waals surface area contributed by atoms with Gasteiger partial charge in [-0.15, -0.1) is 0 Å². The molecule has 4 aliphatic carbocycles. The molecule has 4 saturated carbocycles. The first-order valence-corrected chi connectivity index (χ1v) is 5.61. The van der Waals surface area contributed by atoms with Gasteiger partial charge in [0.15, 0.2) is 0 Å². The van der Waals surface area contributed by atoms with Gasteiger partial charge in [-0.1, -0.05) is 0 Å². The first-order valence-electron chi connectivity index (χ1n) is 5.61. The van der Waals surface area contributed by atoms with E-state index in [1.54, 1.807) is 0 Å². The molecule has 13 heavy (non-hydrogen) atoms. The largest absolute Gasteiger partial charge is 0.314 e. The maximum absolute atomic E-state index is 9.75. The van der Waals surface area contributed by atoms with Gasteiger partial charge in [0.05, 0.1) is 0 Å². The van der Waals surface area contributed by atoms with E-state index in [9.17, 15) is 5.21 Å². The van der Waals surface area contributed by atoms with Crippen LogP contribution < -0.4 is 0 Å². The molecule has 0 radical (unpaired) electrons. The first kappa shape index (κ1) is 8.25. The smallest absolute Gasteiger partial charge is 0.0465 e. The van der Waals surface area contributed by atoms with Crippen molar-refractivity contribution in [2.24, 2.45) is 17.8 Å². The molecule has 2 heteroatoms. The second kappa shape index (κ2) is 2.48. The minimum absolute atomic E-state index is 0.189. The molecule has 1 N–H and O–H groups in total. The number of nitrogens with zero attached hydrogens (tertiary/aromatic N) is 1. The molecule has 74 valence electrons. The molecule has 4 bridgehead atoms. The zero-order chi connectivity index (χ0) is 9.05. The molecule has 2 nitrogen and oxygen atoms in total. The van der Waals surface area contributed by atoms with Gasteiger partial charge in [-0.25, -0.2) is 0 Å². The first-order chi connectivity index (χ1) is 6.18. The van der Waals surface area contributed by atoms with Crippen molar-refractivity contribution in [3.63, 3.8) is 0 Å². The van der Waals surface area contributed by atoms with Gasteiger partial charge in [-0.3, -0.25) is 0 Å². The van der Waals surface area contributed by atoms with Crippen LogP contribution in [0, 0.1) is 17.8 Å². The molecule has 0 amide bonds. The molecule has 4 rings (SSSR count). The quantitative estimate of drug-likeness (QED) is 0.627. The normalized spacial score (nSPS) is 53.3. The van der Waals surface area contributed by atoms with Crippen molar-refractivity contribution >= 4 is 0 Å². The van der Waals surface area contributed by atoms with Crippen molar-refractivity contribution < 1.29 is 5.21 Å². The molecule has 0 atom stereocenters. The fraction of sp³-hybridized carbons (Fsp3) is 1.00. The van der Waals surface area contributed by atoms with E-state index < -0.39 is 0 Å². The summed E-state index contributed by atoms with van der Waals surface area (Å²) in [6.45, 7) is 0. The highest BCUT2D eigenvalue weighted by molar-refractivity contribution is 5.05. The maximum Gasteiger partial charge on any atom is 0.0465 e. The Morgan fingerprint density at radius 1 is 1.00 bits per heavy atom. The lowest BCUT2D eigenvalue weighted by molar-refractivity contribution is -0.212.